The van der Waals surface area contributed by atoms with Crippen molar-refractivity contribution in [3.05, 3.63) is 12.2 Å². The topological polar surface area (TPSA) is 40.5 Å². The number of hydrogen-bond donors (Lipinski definition) is 2. The lowest BCUT2D eigenvalue weighted by Crippen LogP contribution is -2.40. The van der Waals surface area contributed by atoms with Gasteiger partial charge < -0.3 is 10.2 Å². The van der Waals surface area contributed by atoms with Crippen molar-refractivity contribution < 1.29 is 10.2 Å². The normalized spacial score (nSPS) is 14.3. The van der Waals surface area contributed by atoms with Crippen LogP contribution in [0.5, 0.6) is 0 Å². The van der Waals surface area contributed by atoms with Gasteiger partial charge in [-0.15, -0.1) is 0 Å². The van der Waals surface area contributed by atoms with Crippen LogP contribution in [-0.2, 0) is 0 Å². The van der Waals surface area contributed by atoms with Crippen molar-refractivity contribution in [2.75, 3.05) is 0 Å². The van der Waals surface area contributed by atoms with E-state index in [1.807, 2.05) is 0 Å². The third-order valence-electron chi connectivity index (χ3n) is 5.59. The Balaban J connectivity index is 4.37. The second-order valence-corrected chi connectivity index (χ2v) is 8.15. The molecule has 0 aromatic heterocycles. The van der Waals surface area contributed by atoms with E-state index < -0.39 is 11.2 Å². The monoisotopic (exact) mass is 312 g/mol. The summed E-state index contributed by atoms with van der Waals surface area (Å²) in [6.07, 6.45) is 7.73. The van der Waals surface area contributed by atoms with Crippen LogP contribution in [0, 0.1) is 23.7 Å². The van der Waals surface area contributed by atoms with Crippen molar-refractivity contribution in [3.63, 3.8) is 0 Å². The molecular weight excluding hydrogens is 272 g/mol. The molecule has 0 bridgehead atoms. The van der Waals surface area contributed by atoms with E-state index in [0.29, 0.717) is 0 Å². The summed E-state index contributed by atoms with van der Waals surface area (Å²) in [6.45, 7) is 16.7. The van der Waals surface area contributed by atoms with Crippen LogP contribution in [-0.4, -0.2) is 21.4 Å². The van der Waals surface area contributed by atoms with Crippen LogP contribution in [0.4, 0.5) is 0 Å². The molecule has 0 aromatic carbocycles. The molecule has 0 fully saturated rings. The quantitative estimate of drug-likeness (QED) is 0.545. The number of rotatable bonds is 10. The van der Waals surface area contributed by atoms with E-state index in [4.69, 9.17) is 0 Å². The fourth-order valence-corrected chi connectivity index (χ4v) is 3.35. The van der Waals surface area contributed by atoms with Crippen LogP contribution in [0.25, 0.3) is 0 Å². The molecule has 2 N–H and O–H groups in total. The van der Waals surface area contributed by atoms with Gasteiger partial charge in [0.25, 0.3) is 0 Å². The molecule has 0 aliphatic heterocycles. The van der Waals surface area contributed by atoms with Crippen LogP contribution in [0.15, 0.2) is 12.2 Å². The minimum Gasteiger partial charge on any atom is -0.389 e. The third-order valence-corrected chi connectivity index (χ3v) is 5.59. The predicted molar refractivity (Wildman–Crippen MR) is 96.9 cm³/mol. The molecule has 0 spiro atoms. The second-order valence-electron chi connectivity index (χ2n) is 8.15. The van der Waals surface area contributed by atoms with Crippen LogP contribution in [0.1, 0.15) is 81.1 Å². The molecule has 0 saturated carbocycles. The van der Waals surface area contributed by atoms with Crippen molar-refractivity contribution >= 4 is 0 Å². The lowest BCUT2D eigenvalue weighted by atomic mass is 9.76. The molecule has 0 rings (SSSR count). The average Bonchev–Trinajstić information content (AvgIpc) is 2.40. The Morgan fingerprint density at radius 3 is 1.00 bits per heavy atom. The first-order chi connectivity index (χ1) is 9.98. The molecule has 0 aromatic rings. The minimum atomic E-state index is -0.582. The smallest absolute Gasteiger partial charge is 0.0696 e. The van der Waals surface area contributed by atoms with Crippen molar-refractivity contribution in [3.8, 4) is 0 Å². The third kappa shape index (κ3) is 5.70. The Labute approximate surface area is 139 Å². The minimum absolute atomic E-state index is 0.271. The Morgan fingerprint density at radius 2 is 0.818 bits per heavy atom. The zero-order valence-corrected chi connectivity index (χ0v) is 16.2. The number of hydrogen-bond acceptors (Lipinski definition) is 2. The van der Waals surface area contributed by atoms with Crippen molar-refractivity contribution in [1.82, 2.24) is 0 Å². The largest absolute Gasteiger partial charge is 0.389 e. The lowest BCUT2D eigenvalue weighted by Gasteiger charge is -2.36. The first kappa shape index (κ1) is 21.7. The zero-order valence-electron chi connectivity index (χ0n) is 16.2. The van der Waals surface area contributed by atoms with Crippen LogP contribution in [0.3, 0.4) is 0 Å². The number of allylic oxidation sites excluding steroid dienone is 2. The van der Waals surface area contributed by atoms with Crippen molar-refractivity contribution in [2.24, 2.45) is 23.7 Å². The van der Waals surface area contributed by atoms with Crippen molar-refractivity contribution in [1.29, 1.82) is 0 Å². The summed E-state index contributed by atoms with van der Waals surface area (Å²) in [5.74, 6) is 1.08. The molecule has 0 saturated heterocycles. The summed E-state index contributed by atoms with van der Waals surface area (Å²) in [5.41, 5.74) is -1.16. The Bertz CT molecular complexity index is 279. The van der Waals surface area contributed by atoms with Gasteiger partial charge in [-0.3, -0.25) is 0 Å². The van der Waals surface area contributed by atoms with Gasteiger partial charge in [0.1, 0.15) is 0 Å². The van der Waals surface area contributed by atoms with E-state index in [2.05, 4.69) is 67.5 Å². The first-order valence-electron chi connectivity index (χ1n) is 9.08. The predicted octanol–water partition coefficient (Wildman–Crippen LogP) is 5.19. The van der Waals surface area contributed by atoms with E-state index >= 15 is 0 Å². The fraction of sp³-hybridized carbons (Fsp3) is 0.900. The van der Waals surface area contributed by atoms with Gasteiger partial charge in [0.2, 0.25) is 0 Å². The van der Waals surface area contributed by atoms with E-state index in [9.17, 15) is 10.2 Å². The van der Waals surface area contributed by atoms with E-state index in [-0.39, 0.29) is 23.7 Å². The highest BCUT2D eigenvalue weighted by Gasteiger charge is 2.34. The molecule has 0 unspecified atom stereocenters. The Morgan fingerprint density at radius 1 is 0.591 bits per heavy atom. The van der Waals surface area contributed by atoms with E-state index in [0.717, 1.165) is 25.7 Å². The Hall–Kier alpha value is -0.340. The van der Waals surface area contributed by atoms with Crippen LogP contribution >= 0.6 is 0 Å². The highest BCUT2D eigenvalue weighted by atomic mass is 16.3. The summed E-state index contributed by atoms with van der Waals surface area (Å²) in [4.78, 5) is 0. The van der Waals surface area contributed by atoms with E-state index in [1.54, 1.807) is 0 Å². The van der Waals surface area contributed by atoms with Crippen molar-refractivity contribution in [2.45, 2.75) is 92.3 Å². The summed E-state index contributed by atoms with van der Waals surface area (Å²) < 4.78 is 0. The molecule has 132 valence electrons. The summed E-state index contributed by atoms with van der Waals surface area (Å²) in [7, 11) is 0. The molecular formula is C20H40O2. The highest BCUT2D eigenvalue weighted by molar-refractivity contribution is 4.93. The van der Waals surface area contributed by atoms with Gasteiger partial charge in [0.05, 0.1) is 11.2 Å². The maximum atomic E-state index is 10.7. The van der Waals surface area contributed by atoms with Crippen LogP contribution < -0.4 is 0 Å². The lowest BCUT2D eigenvalue weighted by molar-refractivity contribution is -0.0538. The zero-order chi connectivity index (χ0) is 17.6. The summed E-state index contributed by atoms with van der Waals surface area (Å²) in [5, 5.41) is 21.4. The van der Waals surface area contributed by atoms with Gasteiger partial charge >= 0.3 is 0 Å². The molecule has 0 aliphatic rings. The maximum Gasteiger partial charge on any atom is 0.0696 e. The van der Waals surface area contributed by atoms with Gasteiger partial charge in [-0.05, 0) is 49.4 Å². The SMILES string of the molecule is CC(C)C(O)(CCC=CCCC(O)(C(C)C)C(C)C)C(C)C. The Kier molecular flexibility index (Phi) is 8.94. The molecule has 2 nitrogen and oxygen atoms in total. The fourth-order valence-electron chi connectivity index (χ4n) is 3.35. The maximum absolute atomic E-state index is 10.7. The second kappa shape index (κ2) is 9.08. The van der Waals surface area contributed by atoms with Gasteiger partial charge in [-0.25, -0.2) is 0 Å². The van der Waals surface area contributed by atoms with E-state index in [1.165, 1.54) is 0 Å². The van der Waals surface area contributed by atoms with Gasteiger partial charge in [-0.1, -0.05) is 67.5 Å². The molecule has 0 heterocycles. The molecule has 0 aliphatic carbocycles. The number of aliphatic hydroxyl groups is 2. The molecule has 0 amide bonds. The van der Waals surface area contributed by atoms with Crippen LogP contribution in [0.2, 0.25) is 0 Å². The molecule has 0 radical (unpaired) electrons. The molecule has 0 atom stereocenters. The average molecular weight is 313 g/mol. The molecule has 22 heavy (non-hydrogen) atoms. The van der Waals surface area contributed by atoms with Gasteiger partial charge in [-0.2, -0.15) is 0 Å². The summed E-state index contributed by atoms with van der Waals surface area (Å²) >= 11 is 0. The standard InChI is InChI=1S/C20H40O2/c1-15(2)19(21,16(3)4)13-11-9-10-12-14-20(22,17(5)6)18(7)8/h9-10,15-18,21-22H,11-14H2,1-8H3. The van der Waals surface area contributed by atoms with Gasteiger partial charge in [0, 0.05) is 0 Å². The first-order valence-corrected chi connectivity index (χ1v) is 9.08. The highest BCUT2D eigenvalue weighted by Crippen LogP contribution is 2.32. The summed E-state index contributed by atoms with van der Waals surface area (Å²) in [6, 6.07) is 0. The molecule has 2 heteroatoms. The van der Waals surface area contributed by atoms with Gasteiger partial charge in [0.15, 0.2) is 0 Å².